The molecule has 1 amide bonds. The minimum atomic E-state index is -3.61. The fraction of sp³-hybridized carbons (Fsp3) is 0.316. The molecule has 0 saturated carbocycles. The molecule has 1 N–H and O–H groups in total. The van der Waals surface area contributed by atoms with Gasteiger partial charge in [-0.2, -0.15) is 16.1 Å². The second-order valence-corrected chi connectivity index (χ2v) is 9.87. The van der Waals surface area contributed by atoms with Crippen molar-refractivity contribution in [3.63, 3.8) is 0 Å². The standard InChI is InChI=1S/C19H21ClN2O4S2/c1-26-19(23)21-14-6-8-15(9-7-14)28(24,25)22-11-10-18(27-13-12-22)16-4-2-3-5-17(16)20/h2-9,18H,10-13H2,1H3,(H,21,23)/t18-/m1/s1. The summed E-state index contributed by atoms with van der Waals surface area (Å²) in [6.45, 7) is 0.865. The van der Waals surface area contributed by atoms with Crippen LogP contribution in [0.15, 0.2) is 53.4 Å². The summed E-state index contributed by atoms with van der Waals surface area (Å²) >= 11 is 8.04. The first-order valence-electron chi connectivity index (χ1n) is 8.73. The van der Waals surface area contributed by atoms with Gasteiger partial charge in [0.2, 0.25) is 10.0 Å². The van der Waals surface area contributed by atoms with Crippen molar-refractivity contribution in [1.82, 2.24) is 4.31 Å². The van der Waals surface area contributed by atoms with E-state index in [0.29, 0.717) is 36.0 Å². The summed E-state index contributed by atoms with van der Waals surface area (Å²) in [6, 6.07) is 13.8. The van der Waals surface area contributed by atoms with E-state index in [1.807, 2.05) is 24.3 Å². The van der Waals surface area contributed by atoms with E-state index in [1.165, 1.54) is 23.5 Å². The Labute approximate surface area is 174 Å². The molecule has 1 atom stereocenters. The molecule has 1 heterocycles. The number of ether oxygens (including phenoxy) is 1. The number of thioether (sulfide) groups is 1. The van der Waals surface area contributed by atoms with Crippen LogP contribution in [0.3, 0.4) is 0 Å². The molecule has 3 rings (SSSR count). The van der Waals surface area contributed by atoms with Gasteiger partial charge in [0.1, 0.15) is 0 Å². The number of carbonyl (C=O) groups is 1. The smallest absolute Gasteiger partial charge is 0.411 e. The Balaban J connectivity index is 1.72. The molecule has 28 heavy (non-hydrogen) atoms. The van der Waals surface area contributed by atoms with E-state index in [0.717, 1.165) is 5.56 Å². The predicted octanol–water partition coefficient (Wildman–Crippen LogP) is 4.39. The maximum absolute atomic E-state index is 13.0. The summed E-state index contributed by atoms with van der Waals surface area (Å²) in [7, 11) is -2.34. The van der Waals surface area contributed by atoms with Gasteiger partial charge in [0, 0.05) is 34.8 Å². The zero-order chi connectivity index (χ0) is 20.1. The second kappa shape index (κ2) is 9.17. The van der Waals surface area contributed by atoms with Gasteiger partial charge in [0.15, 0.2) is 0 Å². The third-order valence-electron chi connectivity index (χ3n) is 4.48. The number of anilines is 1. The van der Waals surface area contributed by atoms with Crippen molar-refractivity contribution in [1.29, 1.82) is 0 Å². The maximum atomic E-state index is 13.0. The summed E-state index contributed by atoms with van der Waals surface area (Å²) in [6.07, 6.45) is 0.0843. The molecule has 1 saturated heterocycles. The van der Waals surface area contributed by atoms with Gasteiger partial charge in [-0.15, -0.1) is 0 Å². The molecule has 0 aromatic heterocycles. The molecule has 0 radical (unpaired) electrons. The normalized spacial score (nSPS) is 18.3. The van der Waals surface area contributed by atoms with Crippen LogP contribution in [-0.4, -0.2) is 44.8 Å². The van der Waals surface area contributed by atoms with Gasteiger partial charge in [-0.3, -0.25) is 5.32 Å². The average Bonchev–Trinajstić information content (AvgIpc) is 2.95. The molecule has 0 spiro atoms. The van der Waals surface area contributed by atoms with Crippen LogP contribution in [0, 0.1) is 0 Å². The first-order chi connectivity index (χ1) is 13.4. The SMILES string of the molecule is COC(=O)Nc1ccc(S(=O)(=O)N2CCS[C@@H](c3ccccc3Cl)CC2)cc1. The van der Waals surface area contributed by atoms with E-state index in [9.17, 15) is 13.2 Å². The van der Waals surface area contributed by atoms with Crippen molar-refractivity contribution in [2.45, 2.75) is 16.6 Å². The highest BCUT2D eigenvalue weighted by atomic mass is 35.5. The van der Waals surface area contributed by atoms with Crippen molar-refractivity contribution >= 4 is 45.2 Å². The number of halogens is 1. The number of hydrogen-bond acceptors (Lipinski definition) is 5. The van der Waals surface area contributed by atoms with Crippen LogP contribution in [-0.2, 0) is 14.8 Å². The van der Waals surface area contributed by atoms with Gasteiger partial charge in [0.25, 0.3) is 0 Å². The van der Waals surface area contributed by atoms with E-state index >= 15 is 0 Å². The number of benzene rings is 2. The third kappa shape index (κ3) is 4.81. The van der Waals surface area contributed by atoms with Crippen LogP contribution in [0.1, 0.15) is 17.2 Å². The number of hydrogen-bond donors (Lipinski definition) is 1. The van der Waals surface area contributed by atoms with Crippen molar-refractivity contribution in [3.05, 3.63) is 59.1 Å². The highest BCUT2D eigenvalue weighted by molar-refractivity contribution is 7.99. The van der Waals surface area contributed by atoms with Gasteiger partial charge in [-0.1, -0.05) is 29.8 Å². The minimum Gasteiger partial charge on any atom is -0.453 e. The third-order valence-corrected chi connectivity index (χ3v) is 8.04. The molecular weight excluding hydrogens is 420 g/mol. The maximum Gasteiger partial charge on any atom is 0.411 e. The van der Waals surface area contributed by atoms with Crippen LogP contribution < -0.4 is 5.32 Å². The number of carbonyl (C=O) groups excluding carboxylic acids is 1. The molecule has 0 bridgehead atoms. The summed E-state index contributed by atoms with van der Waals surface area (Å²) in [4.78, 5) is 11.4. The predicted molar refractivity (Wildman–Crippen MR) is 112 cm³/mol. The Morgan fingerprint density at radius 2 is 1.89 bits per heavy atom. The lowest BCUT2D eigenvalue weighted by molar-refractivity contribution is 0.187. The van der Waals surface area contributed by atoms with Crippen molar-refractivity contribution in [2.24, 2.45) is 0 Å². The van der Waals surface area contributed by atoms with Gasteiger partial charge in [-0.05, 0) is 42.3 Å². The number of nitrogens with zero attached hydrogens (tertiary/aromatic N) is 1. The van der Waals surface area contributed by atoms with Crippen molar-refractivity contribution < 1.29 is 17.9 Å². The van der Waals surface area contributed by atoms with Crippen LogP contribution in [0.25, 0.3) is 0 Å². The molecule has 1 fully saturated rings. The van der Waals surface area contributed by atoms with E-state index in [-0.39, 0.29) is 10.1 Å². The number of rotatable bonds is 4. The Kier molecular flexibility index (Phi) is 6.87. The van der Waals surface area contributed by atoms with E-state index in [2.05, 4.69) is 10.1 Å². The fourth-order valence-electron chi connectivity index (χ4n) is 3.00. The van der Waals surface area contributed by atoms with Crippen LogP contribution >= 0.6 is 23.4 Å². The highest BCUT2D eigenvalue weighted by Gasteiger charge is 2.29. The number of nitrogens with one attached hydrogen (secondary N) is 1. The fourth-order valence-corrected chi connectivity index (χ4v) is 6.17. The average molecular weight is 441 g/mol. The topological polar surface area (TPSA) is 75.7 Å². The Hall–Kier alpha value is -1.74. The first-order valence-corrected chi connectivity index (χ1v) is 11.6. The largest absolute Gasteiger partial charge is 0.453 e. The van der Waals surface area contributed by atoms with E-state index < -0.39 is 16.1 Å². The Morgan fingerprint density at radius 3 is 2.57 bits per heavy atom. The van der Waals surface area contributed by atoms with Crippen LogP contribution in [0.5, 0.6) is 0 Å². The molecule has 6 nitrogen and oxygen atoms in total. The molecule has 0 aliphatic carbocycles. The zero-order valence-electron chi connectivity index (χ0n) is 15.3. The van der Waals surface area contributed by atoms with Gasteiger partial charge >= 0.3 is 6.09 Å². The molecule has 9 heteroatoms. The quantitative estimate of drug-likeness (QED) is 0.763. The summed E-state index contributed by atoms with van der Waals surface area (Å²) in [5, 5.41) is 3.38. The van der Waals surface area contributed by atoms with Crippen LogP contribution in [0.4, 0.5) is 10.5 Å². The van der Waals surface area contributed by atoms with Crippen molar-refractivity contribution in [2.75, 3.05) is 31.3 Å². The lowest BCUT2D eigenvalue weighted by Crippen LogP contribution is -2.33. The zero-order valence-corrected chi connectivity index (χ0v) is 17.7. The molecular formula is C19H21ClN2O4S2. The molecule has 2 aromatic carbocycles. The second-order valence-electron chi connectivity index (χ2n) is 6.21. The number of methoxy groups -OCH3 is 1. The summed E-state index contributed by atoms with van der Waals surface area (Å²) in [5.74, 6) is 0.692. The van der Waals surface area contributed by atoms with E-state index in [4.69, 9.17) is 11.6 Å². The first kappa shape index (κ1) is 21.0. The Morgan fingerprint density at radius 1 is 1.18 bits per heavy atom. The minimum absolute atomic E-state index is 0.167. The lowest BCUT2D eigenvalue weighted by Gasteiger charge is -2.20. The van der Waals surface area contributed by atoms with Gasteiger partial charge in [0.05, 0.1) is 12.0 Å². The molecule has 1 aliphatic heterocycles. The van der Waals surface area contributed by atoms with Gasteiger partial charge in [-0.25, -0.2) is 13.2 Å². The summed E-state index contributed by atoms with van der Waals surface area (Å²) in [5.41, 5.74) is 1.52. The molecule has 2 aromatic rings. The van der Waals surface area contributed by atoms with Gasteiger partial charge < -0.3 is 4.74 Å². The van der Waals surface area contributed by atoms with Crippen LogP contribution in [0.2, 0.25) is 5.02 Å². The lowest BCUT2D eigenvalue weighted by atomic mass is 10.1. The monoisotopic (exact) mass is 440 g/mol. The number of sulfonamides is 1. The molecule has 150 valence electrons. The Bertz CT molecular complexity index is 935. The van der Waals surface area contributed by atoms with Crippen molar-refractivity contribution in [3.8, 4) is 0 Å². The number of amides is 1. The summed E-state index contributed by atoms with van der Waals surface area (Å²) < 4.78 is 32.1. The molecule has 0 unspecified atom stereocenters. The van der Waals surface area contributed by atoms with E-state index in [1.54, 1.807) is 23.9 Å². The highest BCUT2D eigenvalue weighted by Crippen LogP contribution is 2.38. The molecule has 1 aliphatic rings.